The van der Waals surface area contributed by atoms with Crippen molar-refractivity contribution >= 4 is 23.2 Å². The molecule has 1 aromatic rings. The van der Waals surface area contributed by atoms with Gasteiger partial charge in [-0.3, -0.25) is 4.79 Å². The predicted octanol–water partition coefficient (Wildman–Crippen LogP) is 1.54. The average Bonchev–Trinajstić information content (AvgIpc) is 2.71. The summed E-state index contributed by atoms with van der Waals surface area (Å²) in [5, 5.41) is 2.72. The molecule has 1 amide bonds. The van der Waals surface area contributed by atoms with Gasteiger partial charge in [0.15, 0.2) is 0 Å². The molecule has 1 saturated heterocycles. The number of nitrogens with one attached hydrogen (secondary N) is 1. The Labute approximate surface area is 103 Å². The number of hydrogen-bond donors (Lipinski definition) is 2. The van der Waals surface area contributed by atoms with Gasteiger partial charge in [-0.25, -0.2) is 4.39 Å². The Balaban J connectivity index is 2.13. The van der Waals surface area contributed by atoms with Gasteiger partial charge in [-0.05, 0) is 24.6 Å². The van der Waals surface area contributed by atoms with E-state index in [1.54, 1.807) is 0 Å². The zero-order valence-electron chi connectivity index (χ0n) is 9.00. The zero-order chi connectivity index (χ0) is 12.5. The number of nitrogens with two attached hydrogens (primary N) is 1. The molecule has 1 atom stereocenters. The third-order valence-corrected chi connectivity index (χ3v) is 3.00. The molecular weight excluding hydrogens is 247 g/mol. The Morgan fingerprint density at radius 2 is 2.35 bits per heavy atom. The second-order valence-corrected chi connectivity index (χ2v) is 4.44. The summed E-state index contributed by atoms with van der Waals surface area (Å²) in [7, 11) is 0. The maximum absolute atomic E-state index is 12.8. The minimum absolute atomic E-state index is 0.140. The van der Waals surface area contributed by atoms with Crippen molar-refractivity contribution in [1.29, 1.82) is 0 Å². The molecule has 0 radical (unpaired) electrons. The Hall–Kier alpha value is -1.17. The normalized spacial score (nSPS) is 23.7. The Morgan fingerprint density at radius 1 is 1.59 bits per heavy atom. The van der Waals surface area contributed by atoms with Gasteiger partial charge in [-0.2, -0.15) is 0 Å². The van der Waals surface area contributed by atoms with Crippen LogP contribution in [0.3, 0.4) is 0 Å². The van der Waals surface area contributed by atoms with Crippen molar-refractivity contribution < 1.29 is 13.9 Å². The molecule has 92 valence electrons. The Bertz CT molecular complexity index is 447. The lowest BCUT2D eigenvalue weighted by Gasteiger charge is -2.20. The first kappa shape index (κ1) is 12.3. The fraction of sp³-hybridized carbons (Fsp3) is 0.364. The van der Waals surface area contributed by atoms with Crippen LogP contribution in [0, 0.1) is 5.82 Å². The lowest BCUT2D eigenvalue weighted by molar-refractivity contribution is -0.121. The molecule has 0 saturated carbocycles. The predicted molar refractivity (Wildman–Crippen MR) is 62.4 cm³/mol. The highest BCUT2D eigenvalue weighted by molar-refractivity contribution is 6.33. The molecule has 1 fully saturated rings. The number of hydrogen-bond acceptors (Lipinski definition) is 3. The van der Waals surface area contributed by atoms with Crippen LogP contribution in [0.15, 0.2) is 18.2 Å². The van der Waals surface area contributed by atoms with Crippen molar-refractivity contribution in [3.63, 3.8) is 0 Å². The van der Waals surface area contributed by atoms with Crippen LogP contribution in [-0.4, -0.2) is 24.7 Å². The smallest absolute Gasteiger partial charge is 0.246 e. The van der Waals surface area contributed by atoms with Gasteiger partial charge in [0.25, 0.3) is 0 Å². The summed E-state index contributed by atoms with van der Waals surface area (Å²) in [4.78, 5) is 11.9. The summed E-state index contributed by atoms with van der Waals surface area (Å²) in [6.45, 7) is 0.638. The molecule has 17 heavy (non-hydrogen) atoms. The van der Waals surface area contributed by atoms with E-state index in [-0.39, 0.29) is 17.5 Å². The molecule has 0 bridgehead atoms. The number of anilines is 1. The molecule has 0 aliphatic carbocycles. The van der Waals surface area contributed by atoms with Crippen molar-refractivity contribution in [2.45, 2.75) is 12.0 Å². The van der Waals surface area contributed by atoms with Crippen LogP contribution in [0.1, 0.15) is 6.42 Å². The lowest BCUT2D eigenvalue weighted by atomic mass is 9.99. The van der Waals surface area contributed by atoms with E-state index < -0.39 is 11.4 Å². The van der Waals surface area contributed by atoms with Crippen molar-refractivity contribution in [1.82, 2.24) is 0 Å². The molecule has 1 heterocycles. The summed E-state index contributed by atoms with van der Waals surface area (Å²) in [5.41, 5.74) is 5.19. The Morgan fingerprint density at radius 3 is 2.94 bits per heavy atom. The summed E-state index contributed by atoms with van der Waals surface area (Å²) < 4.78 is 17.9. The minimum atomic E-state index is -1.03. The molecule has 1 aliphatic heterocycles. The molecule has 2 rings (SSSR count). The van der Waals surface area contributed by atoms with E-state index in [1.807, 2.05) is 0 Å². The number of carbonyl (C=O) groups is 1. The molecule has 6 heteroatoms. The molecule has 4 nitrogen and oxygen atoms in total. The number of ether oxygens (including phenoxy) is 1. The topological polar surface area (TPSA) is 64.4 Å². The highest BCUT2D eigenvalue weighted by Gasteiger charge is 2.38. The standard InChI is InChI=1S/C11H12ClFN2O2/c12-8-5-7(13)1-2-9(8)15-10(16)11(14)3-4-17-6-11/h1-2,5H,3-4,6,14H2,(H,15,16). The van der Waals surface area contributed by atoms with Gasteiger partial charge < -0.3 is 15.8 Å². The van der Waals surface area contributed by atoms with E-state index in [0.29, 0.717) is 18.7 Å². The first-order valence-corrected chi connectivity index (χ1v) is 5.52. The van der Waals surface area contributed by atoms with Gasteiger partial charge in [0, 0.05) is 6.61 Å². The third-order valence-electron chi connectivity index (χ3n) is 2.68. The van der Waals surface area contributed by atoms with Crippen molar-refractivity contribution in [2.75, 3.05) is 18.5 Å². The van der Waals surface area contributed by atoms with Crippen LogP contribution < -0.4 is 11.1 Å². The third kappa shape index (κ3) is 2.57. The highest BCUT2D eigenvalue weighted by Crippen LogP contribution is 2.24. The van der Waals surface area contributed by atoms with Gasteiger partial charge in [0.1, 0.15) is 11.4 Å². The largest absolute Gasteiger partial charge is 0.379 e. The quantitative estimate of drug-likeness (QED) is 0.846. The SMILES string of the molecule is NC1(C(=O)Nc2ccc(F)cc2Cl)CCOC1. The molecule has 1 aliphatic rings. The fourth-order valence-electron chi connectivity index (χ4n) is 1.60. The van der Waals surface area contributed by atoms with Crippen LogP contribution >= 0.6 is 11.6 Å². The first-order chi connectivity index (χ1) is 8.01. The van der Waals surface area contributed by atoms with Crippen molar-refractivity contribution in [2.24, 2.45) is 5.73 Å². The maximum Gasteiger partial charge on any atom is 0.246 e. The van der Waals surface area contributed by atoms with E-state index in [4.69, 9.17) is 22.1 Å². The molecule has 1 unspecified atom stereocenters. The van der Waals surface area contributed by atoms with Crippen LogP contribution in [0.4, 0.5) is 10.1 Å². The minimum Gasteiger partial charge on any atom is -0.379 e. The van der Waals surface area contributed by atoms with Gasteiger partial charge in [-0.1, -0.05) is 11.6 Å². The summed E-state index contributed by atoms with van der Waals surface area (Å²) >= 11 is 5.80. The first-order valence-electron chi connectivity index (χ1n) is 5.14. The molecule has 0 aromatic heterocycles. The Kier molecular flexibility index (Phi) is 3.33. The van der Waals surface area contributed by atoms with Crippen LogP contribution in [0.2, 0.25) is 5.02 Å². The average molecular weight is 259 g/mol. The van der Waals surface area contributed by atoms with Gasteiger partial charge >= 0.3 is 0 Å². The van der Waals surface area contributed by atoms with E-state index in [9.17, 15) is 9.18 Å². The monoisotopic (exact) mass is 258 g/mol. The van der Waals surface area contributed by atoms with E-state index in [0.717, 1.165) is 6.07 Å². The molecule has 3 N–H and O–H groups in total. The number of benzene rings is 1. The number of rotatable bonds is 2. The molecule has 0 spiro atoms. The van der Waals surface area contributed by atoms with E-state index >= 15 is 0 Å². The zero-order valence-corrected chi connectivity index (χ0v) is 9.76. The van der Waals surface area contributed by atoms with Crippen molar-refractivity contribution in [3.8, 4) is 0 Å². The number of carbonyl (C=O) groups excluding carboxylic acids is 1. The van der Waals surface area contributed by atoms with Crippen molar-refractivity contribution in [3.05, 3.63) is 29.0 Å². The number of halogens is 2. The van der Waals surface area contributed by atoms with E-state index in [1.165, 1.54) is 12.1 Å². The van der Waals surface area contributed by atoms with Crippen LogP contribution in [0.25, 0.3) is 0 Å². The van der Waals surface area contributed by atoms with Gasteiger partial charge in [0.05, 0.1) is 17.3 Å². The molecule has 1 aromatic carbocycles. The van der Waals surface area contributed by atoms with Gasteiger partial charge in [-0.15, -0.1) is 0 Å². The van der Waals surface area contributed by atoms with Crippen LogP contribution in [-0.2, 0) is 9.53 Å². The highest BCUT2D eigenvalue weighted by atomic mass is 35.5. The maximum atomic E-state index is 12.8. The summed E-state index contributed by atoms with van der Waals surface area (Å²) in [5.74, 6) is -0.830. The second-order valence-electron chi connectivity index (χ2n) is 4.04. The van der Waals surface area contributed by atoms with Crippen LogP contribution in [0.5, 0.6) is 0 Å². The number of amides is 1. The fourth-order valence-corrected chi connectivity index (χ4v) is 1.81. The second kappa shape index (κ2) is 4.60. The van der Waals surface area contributed by atoms with E-state index in [2.05, 4.69) is 5.32 Å². The van der Waals surface area contributed by atoms with Gasteiger partial charge in [0.2, 0.25) is 5.91 Å². The summed E-state index contributed by atoms with van der Waals surface area (Å²) in [6, 6.07) is 3.75. The molecular formula is C11H12ClFN2O2. The summed E-state index contributed by atoms with van der Waals surface area (Å²) in [6.07, 6.45) is 0.456. The lowest BCUT2D eigenvalue weighted by Crippen LogP contribution is -2.51.